The number of nitrogens with one attached hydrogen (secondary N) is 2. The number of carbonyl (C=O) groups excluding carboxylic acids is 1. The molecule has 0 unspecified atom stereocenters. The fourth-order valence-corrected chi connectivity index (χ4v) is 3.35. The molecule has 0 saturated heterocycles. The van der Waals surface area contributed by atoms with Crippen LogP contribution in [-0.2, 0) is 11.2 Å². The summed E-state index contributed by atoms with van der Waals surface area (Å²) in [6.45, 7) is 2.22. The van der Waals surface area contributed by atoms with Crippen LogP contribution >= 0.6 is 22.9 Å². The third-order valence-corrected chi connectivity index (χ3v) is 4.91. The number of anilines is 2. The van der Waals surface area contributed by atoms with E-state index in [0.717, 1.165) is 21.2 Å². The van der Waals surface area contributed by atoms with E-state index in [0.29, 0.717) is 11.6 Å². The Morgan fingerprint density at radius 2 is 1.92 bits per heavy atom. The Balaban J connectivity index is 1.53. The number of hydrogen-bond acceptors (Lipinski definition) is 4. The van der Waals surface area contributed by atoms with E-state index in [-0.39, 0.29) is 12.5 Å². The number of hydrogen-bond donors (Lipinski definition) is 2. The molecule has 3 aromatic rings. The lowest BCUT2D eigenvalue weighted by atomic mass is 10.1. The first-order chi connectivity index (χ1) is 12.1. The van der Waals surface area contributed by atoms with Gasteiger partial charge in [0.25, 0.3) is 0 Å². The van der Waals surface area contributed by atoms with Crippen molar-refractivity contribution in [2.75, 3.05) is 17.2 Å². The van der Waals surface area contributed by atoms with Gasteiger partial charge in [-0.05, 0) is 30.7 Å². The lowest BCUT2D eigenvalue weighted by Crippen LogP contribution is -2.21. The molecule has 2 aromatic carbocycles. The van der Waals surface area contributed by atoms with Gasteiger partial charge in [-0.2, -0.15) is 0 Å². The lowest BCUT2D eigenvalue weighted by Gasteiger charge is -2.06. The summed E-state index contributed by atoms with van der Waals surface area (Å²) in [6.07, 6.45) is 2.48. The Bertz CT molecular complexity index is 861. The van der Waals surface area contributed by atoms with Gasteiger partial charge >= 0.3 is 0 Å². The lowest BCUT2D eigenvalue weighted by molar-refractivity contribution is -0.114. The van der Waals surface area contributed by atoms with Gasteiger partial charge in [-0.1, -0.05) is 47.5 Å². The topological polar surface area (TPSA) is 54.0 Å². The summed E-state index contributed by atoms with van der Waals surface area (Å²) in [4.78, 5) is 17.4. The molecule has 0 spiro atoms. The van der Waals surface area contributed by atoms with Crippen LogP contribution in [0.3, 0.4) is 0 Å². The molecular formula is C19H18ClN3OS. The average molecular weight is 372 g/mol. The van der Waals surface area contributed by atoms with E-state index in [2.05, 4.69) is 15.6 Å². The largest absolute Gasteiger partial charge is 0.376 e. The van der Waals surface area contributed by atoms with Crippen LogP contribution in [0.25, 0.3) is 0 Å². The van der Waals surface area contributed by atoms with E-state index in [9.17, 15) is 4.79 Å². The first-order valence-electron chi connectivity index (χ1n) is 7.88. The summed E-state index contributed by atoms with van der Waals surface area (Å²) in [7, 11) is 0. The molecule has 0 atom stereocenters. The van der Waals surface area contributed by atoms with Crippen LogP contribution in [0.2, 0.25) is 5.02 Å². The summed E-state index contributed by atoms with van der Waals surface area (Å²) in [5, 5.41) is 7.25. The summed E-state index contributed by atoms with van der Waals surface area (Å²) in [5.41, 5.74) is 3.15. The Morgan fingerprint density at radius 1 is 1.16 bits per heavy atom. The normalized spacial score (nSPS) is 10.5. The zero-order valence-corrected chi connectivity index (χ0v) is 15.3. The van der Waals surface area contributed by atoms with Crippen LogP contribution in [0.5, 0.6) is 0 Å². The third-order valence-electron chi connectivity index (χ3n) is 3.63. The van der Waals surface area contributed by atoms with Crippen molar-refractivity contribution in [2.45, 2.75) is 13.3 Å². The summed E-state index contributed by atoms with van der Waals surface area (Å²) in [5.74, 6) is -0.126. The smallest absolute Gasteiger partial charge is 0.245 e. The number of benzene rings is 2. The number of thiazole rings is 1. The van der Waals surface area contributed by atoms with E-state index < -0.39 is 0 Å². The fraction of sp³-hybridized carbons (Fsp3) is 0.158. The molecule has 0 radical (unpaired) electrons. The van der Waals surface area contributed by atoms with Crippen LogP contribution in [-0.4, -0.2) is 17.4 Å². The monoisotopic (exact) mass is 371 g/mol. The predicted octanol–water partition coefficient (Wildman–Crippen LogP) is 4.75. The molecule has 6 heteroatoms. The molecule has 0 aliphatic heterocycles. The van der Waals surface area contributed by atoms with Gasteiger partial charge in [-0.15, -0.1) is 11.3 Å². The van der Waals surface area contributed by atoms with E-state index in [1.54, 1.807) is 6.20 Å². The Hall–Kier alpha value is -2.37. The Kier molecular flexibility index (Phi) is 5.68. The zero-order chi connectivity index (χ0) is 17.6. The first kappa shape index (κ1) is 17.5. The highest BCUT2D eigenvalue weighted by atomic mass is 35.5. The SMILES string of the molecule is Cc1ccc(NCC(=O)Nc2ncc(Cc3ccccc3Cl)s2)cc1. The van der Waals surface area contributed by atoms with Crippen LogP contribution in [0, 0.1) is 6.92 Å². The summed E-state index contributed by atoms with van der Waals surface area (Å²) in [6, 6.07) is 15.6. The second-order valence-electron chi connectivity index (χ2n) is 5.67. The van der Waals surface area contributed by atoms with E-state index >= 15 is 0 Å². The van der Waals surface area contributed by atoms with Gasteiger partial charge in [-0.25, -0.2) is 4.98 Å². The molecule has 128 valence electrons. The van der Waals surface area contributed by atoms with Crippen molar-refractivity contribution in [1.29, 1.82) is 0 Å². The average Bonchev–Trinajstić information content (AvgIpc) is 3.03. The molecule has 1 aromatic heterocycles. The highest BCUT2D eigenvalue weighted by Gasteiger charge is 2.08. The number of amides is 1. The molecule has 0 aliphatic carbocycles. The van der Waals surface area contributed by atoms with Crippen molar-refractivity contribution in [3.63, 3.8) is 0 Å². The number of aromatic nitrogens is 1. The van der Waals surface area contributed by atoms with E-state index in [1.807, 2.05) is 55.5 Å². The maximum absolute atomic E-state index is 12.0. The molecule has 3 rings (SSSR count). The quantitative estimate of drug-likeness (QED) is 0.657. The number of rotatable bonds is 6. The molecule has 4 nitrogen and oxygen atoms in total. The van der Waals surface area contributed by atoms with Crippen LogP contribution in [0.1, 0.15) is 16.0 Å². The minimum absolute atomic E-state index is 0.126. The van der Waals surface area contributed by atoms with E-state index in [1.165, 1.54) is 16.9 Å². The van der Waals surface area contributed by atoms with Gasteiger partial charge in [0, 0.05) is 28.2 Å². The number of nitrogens with zero attached hydrogens (tertiary/aromatic N) is 1. The molecule has 1 amide bonds. The highest BCUT2D eigenvalue weighted by molar-refractivity contribution is 7.15. The fourth-order valence-electron chi connectivity index (χ4n) is 2.29. The van der Waals surface area contributed by atoms with Crippen molar-refractivity contribution in [1.82, 2.24) is 4.98 Å². The number of halogens is 1. The Morgan fingerprint density at radius 3 is 2.68 bits per heavy atom. The molecular weight excluding hydrogens is 354 g/mol. The second-order valence-corrected chi connectivity index (χ2v) is 7.19. The van der Waals surface area contributed by atoms with Gasteiger partial charge in [-0.3, -0.25) is 4.79 Å². The molecule has 25 heavy (non-hydrogen) atoms. The minimum Gasteiger partial charge on any atom is -0.376 e. The molecule has 2 N–H and O–H groups in total. The summed E-state index contributed by atoms with van der Waals surface area (Å²) < 4.78 is 0. The van der Waals surface area contributed by atoms with Crippen molar-refractivity contribution >= 4 is 39.7 Å². The Labute approximate surface area is 155 Å². The maximum atomic E-state index is 12.0. The van der Waals surface area contributed by atoms with Crippen molar-refractivity contribution < 1.29 is 4.79 Å². The van der Waals surface area contributed by atoms with Gasteiger partial charge in [0.05, 0.1) is 6.54 Å². The molecule has 0 fully saturated rings. The van der Waals surface area contributed by atoms with Gasteiger partial charge in [0.2, 0.25) is 5.91 Å². The van der Waals surface area contributed by atoms with Crippen LogP contribution in [0.15, 0.2) is 54.7 Å². The van der Waals surface area contributed by atoms with E-state index in [4.69, 9.17) is 11.6 Å². The third kappa shape index (κ3) is 5.05. The van der Waals surface area contributed by atoms with Crippen LogP contribution < -0.4 is 10.6 Å². The zero-order valence-electron chi connectivity index (χ0n) is 13.8. The van der Waals surface area contributed by atoms with Crippen molar-refractivity contribution in [2.24, 2.45) is 0 Å². The number of carbonyl (C=O) groups is 1. The molecule has 1 heterocycles. The van der Waals surface area contributed by atoms with Gasteiger partial charge in [0.1, 0.15) is 0 Å². The predicted molar refractivity (Wildman–Crippen MR) is 105 cm³/mol. The van der Waals surface area contributed by atoms with Crippen molar-refractivity contribution in [3.05, 3.63) is 75.8 Å². The maximum Gasteiger partial charge on any atom is 0.245 e. The second kappa shape index (κ2) is 8.14. The van der Waals surface area contributed by atoms with Crippen LogP contribution in [0.4, 0.5) is 10.8 Å². The molecule has 0 aliphatic rings. The standard InChI is InChI=1S/C19H18ClN3OS/c1-13-6-8-15(9-7-13)21-12-18(24)23-19-22-11-16(25-19)10-14-4-2-3-5-17(14)20/h2-9,11,21H,10,12H2,1H3,(H,22,23,24). The number of aryl methyl sites for hydroxylation is 1. The van der Waals surface area contributed by atoms with Gasteiger partial charge < -0.3 is 10.6 Å². The van der Waals surface area contributed by atoms with Gasteiger partial charge in [0.15, 0.2) is 5.13 Å². The molecule has 0 saturated carbocycles. The highest BCUT2D eigenvalue weighted by Crippen LogP contribution is 2.24. The summed E-state index contributed by atoms with van der Waals surface area (Å²) >= 11 is 7.64. The minimum atomic E-state index is -0.126. The first-order valence-corrected chi connectivity index (χ1v) is 9.08. The molecule has 0 bridgehead atoms. The van der Waals surface area contributed by atoms with Crippen molar-refractivity contribution in [3.8, 4) is 0 Å².